The Kier molecular flexibility index (Phi) is 2.31. The van der Waals surface area contributed by atoms with E-state index in [0.717, 1.165) is 5.75 Å². The van der Waals surface area contributed by atoms with Gasteiger partial charge >= 0.3 is 0 Å². The zero-order chi connectivity index (χ0) is 5.82. The summed E-state index contributed by atoms with van der Waals surface area (Å²) >= 11 is 3.11. The Morgan fingerprint density at radius 2 is 2.75 bits per heavy atom. The molecule has 0 radical (unpaired) electrons. The van der Waals surface area contributed by atoms with Gasteiger partial charge in [-0.1, -0.05) is 6.08 Å². The van der Waals surface area contributed by atoms with Crippen LogP contribution in [0.1, 0.15) is 0 Å². The minimum absolute atomic E-state index is 0.449. The highest BCUT2D eigenvalue weighted by Crippen LogP contribution is 2.23. The molecule has 1 nitrogen and oxygen atoms in total. The van der Waals surface area contributed by atoms with Crippen LogP contribution in [0.3, 0.4) is 0 Å². The Balaban J connectivity index is 2.28. The van der Waals surface area contributed by atoms with Gasteiger partial charge in [0.25, 0.3) is 0 Å². The van der Waals surface area contributed by atoms with Crippen LogP contribution < -0.4 is 0 Å². The summed E-state index contributed by atoms with van der Waals surface area (Å²) in [6.07, 6.45) is 2.07. The quantitative estimate of drug-likeness (QED) is 0.523. The third-order valence-electron chi connectivity index (χ3n) is 0.854. The molecule has 0 aromatic carbocycles. The fourth-order valence-electron chi connectivity index (χ4n) is 0.490. The lowest BCUT2D eigenvalue weighted by molar-refractivity contribution is 1.31. The highest BCUT2D eigenvalue weighted by Gasteiger charge is 2.08. The molecular formula is C5H5NS2. The van der Waals surface area contributed by atoms with E-state index >= 15 is 0 Å². The molecule has 1 aliphatic heterocycles. The summed E-state index contributed by atoms with van der Waals surface area (Å²) in [4.78, 5) is 0. The van der Waals surface area contributed by atoms with Crippen LogP contribution in [-0.2, 0) is 0 Å². The van der Waals surface area contributed by atoms with E-state index in [1.807, 2.05) is 0 Å². The van der Waals surface area contributed by atoms with Crippen LogP contribution >= 0.6 is 23.5 Å². The SMILES string of the molecule is N#CSC1C=CSC1. The smallest absolute Gasteiger partial charge is 0.133 e. The van der Waals surface area contributed by atoms with Crippen molar-refractivity contribution < 1.29 is 0 Å². The summed E-state index contributed by atoms with van der Waals surface area (Å²) in [5, 5.41) is 12.8. The van der Waals surface area contributed by atoms with Crippen molar-refractivity contribution in [2.75, 3.05) is 5.75 Å². The molecule has 0 aromatic heterocycles. The van der Waals surface area contributed by atoms with Crippen molar-refractivity contribution in [1.82, 2.24) is 0 Å². The van der Waals surface area contributed by atoms with Crippen molar-refractivity contribution in [2.45, 2.75) is 5.25 Å². The Labute approximate surface area is 57.1 Å². The van der Waals surface area contributed by atoms with E-state index in [4.69, 9.17) is 5.26 Å². The largest absolute Gasteiger partial charge is 0.185 e. The molecule has 0 aromatic rings. The molecule has 0 amide bonds. The lowest BCUT2D eigenvalue weighted by Crippen LogP contribution is -1.93. The summed E-state index contributed by atoms with van der Waals surface area (Å²) in [5.41, 5.74) is 0. The van der Waals surface area contributed by atoms with Crippen molar-refractivity contribution in [3.63, 3.8) is 0 Å². The van der Waals surface area contributed by atoms with Gasteiger partial charge in [0, 0.05) is 11.0 Å². The second-order valence-corrected chi connectivity index (χ2v) is 3.37. The van der Waals surface area contributed by atoms with Gasteiger partial charge in [0.15, 0.2) is 0 Å². The third kappa shape index (κ3) is 1.46. The normalized spacial score (nSPS) is 25.6. The second kappa shape index (κ2) is 3.06. The highest BCUT2D eigenvalue weighted by molar-refractivity contribution is 8.07. The van der Waals surface area contributed by atoms with Crippen LogP contribution in [0.25, 0.3) is 0 Å². The molecule has 0 fully saturated rings. The van der Waals surface area contributed by atoms with Crippen LogP contribution in [0.4, 0.5) is 0 Å². The first-order chi connectivity index (χ1) is 3.93. The van der Waals surface area contributed by atoms with Gasteiger partial charge in [0.1, 0.15) is 5.40 Å². The van der Waals surface area contributed by atoms with Gasteiger partial charge in [-0.25, -0.2) is 0 Å². The molecule has 0 spiro atoms. The minimum Gasteiger partial charge on any atom is -0.185 e. The Hall–Kier alpha value is -0.0700. The fourth-order valence-corrected chi connectivity index (χ4v) is 2.10. The Morgan fingerprint density at radius 1 is 1.88 bits per heavy atom. The number of thioether (sulfide) groups is 2. The van der Waals surface area contributed by atoms with Crippen molar-refractivity contribution in [3.8, 4) is 5.40 Å². The van der Waals surface area contributed by atoms with E-state index in [2.05, 4.69) is 16.9 Å². The van der Waals surface area contributed by atoms with Crippen molar-refractivity contribution in [2.24, 2.45) is 0 Å². The molecule has 0 saturated heterocycles. The van der Waals surface area contributed by atoms with Gasteiger partial charge in [-0.05, 0) is 17.2 Å². The Bertz CT molecular complexity index is 136. The first-order valence-electron chi connectivity index (χ1n) is 2.26. The van der Waals surface area contributed by atoms with E-state index in [1.54, 1.807) is 11.8 Å². The maximum absolute atomic E-state index is 8.20. The fraction of sp³-hybridized carbons (Fsp3) is 0.400. The first kappa shape index (κ1) is 6.06. The number of rotatable bonds is 1. The van der Waals surface area contributed by atoms with E-state index in [0.29, 0.717) is 5.25 Å². The van der Waals surface area contributed by atoms with Gasteiger partial charge in [-0.15, -0.1) is 11.8 Å². The zero-order valence-corrected chi connectivity index (χ0v) is 5.84. The van der Waals surface area contributed by atoms with E-state index in [-0.39, 0.29) is 0 Å². The predicted molar refractivity (Wildman–Crippen MR) is 38.6 cm³/mol. The van der Waals surface area contributed by atoms with Crippen molar-refractivity contribution in [1.29, 1.82) is 5.26 Å². The molecule has 1 atom stereocenters. The summed E-state index contributed by atoms with van der Waals surface area (Å²) < 4.78 is 0. The number of thiocyanates is 1. The molecule has 1 unspecified atom stereocenters. The van der Waals surface area contributed by atoms with E-state index in [1.165, 1.54) is 11.8 Å². The third-order valence-corrected chi connectivity index (χ3v) is 2.70. The van der Waals surface area contributed by atoms with Crippen LogP contribution in [0.5, 0.6) is 0 Å². The molecule has 3 heteroatoms. The van der Waals surface area contributed by atoms with Crippen LogP contribution in [0.15, 0.2) is 11.5 Å². The monoisotopic (exact) mass is 143 g/mol. The molecule has 0 saturated carbocycles. The van der Waals surface area contributed by atoms with Gasteiger partial charge in [0.05, 0.1) is 0 Å². The molecule has 0 aliphatic carbocycles. The molecule has 1 heterocycles. The van der Waals surface area contributed by atoms with Crippen molar-refractivity contribution >= 4 is 23.5 Å². The van der Waals surface area contributed by atoms with Crippen LogP contribution in [0, 0.1) is 10.7 Å². The molecule has 1 aliphatic rings. The van der Waals surface area contributed by atoms with E-state index < -0.39 is 0 Å². The summed E-state index contributed by atoms with van der Waals surface area (Å²) in [6, 6.07) is 0. The van der Waals surface area contributed by atoms with Crippen LogP contribution in [-0.4, -0.2) is 11.0 Å². The van der Waals surface area contributed by atoms with Gasteiger partial charge in [-0.2, -0.15) is 5.26 Å². The lowest BCUT2D eigenvalue weighted by Gasteiger charge is -1.94. The Morgan fingerprint density at radius 3 is 3.25 bits per heavy atom. The topological polar surface area (TPSA) is 23.8 Å². The molecule has 8 heavy (non-hydrogen) atoms. The number of nitriles is 1. The van der Waals surface area contributed by atoms with Gasteiger partial charge < -0.3 is 0 Å². The van der Waals surface area contributed by atoms with Gasteiger partial charge in [0.2, 0.25) is 0 Å². The first-order valence-corrected chi connectivity index (χ1v) is 4.19. The highest BCUT2D eigenvalue weighted by atomic mass is 32.2. The standard InChI is InChI=1S/C5H5NS2/c6-4-8-5-1-2-7-3-5/h1-2,5H,3H2. The molecule has 42 valence electrons. The predicted octanol–water partition coefficient (Wildman–Crippen LogP) is 1.83. The summed E-state index contributed by atoms with van der Waals surface area (Å²) in [5.74, 6) is 1.07. The molecule has 0 bridgehead atoms. The maximum Gasteiger partial charge on any atom is 0.133 e. The summed E-state index contributed by atoms with van der Waals surface area (Å²) in [6.45, 7) is 0. The van der Waals surface area contributed by atoms with Gasteiger partial charge in [-0.3, -0.25) is 0 Å². The van der Waals surface area contributed by atoms with E-state index in [9.17, 15) is 0 Å². The number of nitrogens with zero attached hydrogens (tertiary/aromatic N) is 1. The van der Waals surface area contributed by atoms with Crippen molar-refractivity contribution in [3.05, 3.63) is 11.5 Å². The number of hydrogen-bond acceptors (Lipinski definition) is 3. The average molecular weight is 143 g/mol. The number of hydrogen-bond donors (Lipinski definition) is 0. The summed E-state index contributed by atoms with van der Waals surface area (Å²) in [7, 11) is 0. The molecule has 0 N–H and O–H groups in total. The minimum atomic E-state index is 0.449. The van der Waals surface area contributed by atoms with Crippen LogP contribution in [0.2, 0.25) is 0 Å². The molecule has 1 rings (SSSR count). The average Bonchev–Trinajstić information content (AvgIpc) is 2.19. The maximum atomic E-state index is 8.20. The molecular weight excluding hydrogens is 138 g/mol. The second-order valence-electron chi connectivity index (χ2n) is 1.41. The zero-order valence-electron chi connectivity index (χ0n) is 4.20. The lowest BCUT2D eigenvalue weighted by atomic mass is 10.5.